The Balaban J connectivity index is 2.37. The highest BCUT2D eigenvalue weighted by Gasteiger charge is 2.34. The second kappa shape index (κ2) is 3.88. The Labute approximate surface area is 83.1 Å². The molecule has 0 spiro atoms. The normalized spacial score (nSPS) is 19.9. The van der Waals surface area contributed by atoms with Crippen LogP contribution in [0.1, 0.15) is 26.7 Å². The van der Waals surface area contributed by atoms with Gasteiger partial charge >= 0.3 is 5.97 Å². The number of thioether (sulfide) groups is 1. The number of hydrogen-bond donors (Lipinski definition) is 2. The molecule has 0 bridgehead atoms. The number of carbonyl (C=O) groups is 1. The summed E-state index contributed by atoms with van der Waals surface area (Å²) in [5.41, 5.74) is 5.58. The lowest BCUT2D eigenvalue weighted by Gasteiger charge is -2.27. The second-order valence-electron chi connectivity index (χ2n) is 4.17. The average Bonchev–Trinajstić information content (AvgIpc) is 2.82. The number of hydrogen-bond acceptors (Lipinski definition) is 3. The van der Waals surface area contributed by atoms with Crippen molar-refractivity contribution in [1.29, 1.82) is 0 Å². The van der Waals surface area contributed by atoms with E-state index in [2.05, 4.69) is 0 Å². The van der Waals surface area contributed by atoms with E-state index in [0.717, 1.165) is 11.7 Å². The van der Waals surface area contributed by atoms with Gasteiger partial charge in [-0.15, -0.1) is 0 Å². The van der Waals surface area contributed by atoms with Gasteiger partial charge in [0, 0.05) is 4.75 Å². The van der Waals surface area contributed by atoms with E-state index < -0.39 is 12.0 Å². The molecule has 0 saturated heterocycles. The van der Waals surface area contributed by atoms with E-state index in [1.807, 2.05) is 13.8 Å². The van der Waals surface area contributed by atoms with Crippen LogP contribution in [0.5, 0.6) is 0 Å². The molecule has 4 heteroatoms. The zero-order valence-electron chi connectivity index (χ0n) is 8.12. The Morgan fingerprint density at radius 2 is 2.23 bits per heavy atom. The van der Waals surface area contributed by atoms with Crippen molar-refractivity contribution in [2.45, 2.75) is 37.5 Å². The van der Waals surface area contributed by atoms with Gasteiger partial charge in [0.15, 0.2) is 0 Å². The summed E-state index contributed by atoms with van der Waals surface area (Å²) >= 11 is 1.68. The van der Waals surface area contributed by atoms with Gasteiger partial charge in [-0.25, -0.2) is 0 Å². The fourth-order valence-electron chi connectivity index (χ4n) is 1.00. The first-order chi connectivity index (χ1) is 5.93. The lowest BCUT2D eigenvalue weighted by molar-refractivity contribution is -0.139. The molecule has 0 radical (unpaired) electrons. The van der Waals surface area contributed by atoms with Crippen LogP contribution in [0.2, 0.25) is 0 Å². The number of carboxylic acid groups (broad SMARTS) is 1. The van der Waals surface area contributed by atoms with Crippen molar-refractivity contribution in [3.8, 4) is 0 Å². The van der Waals surface area contributed by atoms with Gasteiger partial charge in [0.25, 0.3) is 0 Å². The number of carboxylic acids is 1. The molecule has 1 aliphatic rings. The molecule has 0 aromatic rings. The SMILES string of the molecule is CC(C)(SCC1CC1)[C@H](N)C(=O)O. The standard InChI is InChI=1S/C9H17NO2S/c1-9(2,7(10)8(11)12)13-5-6-3-4-6/h6-7H,3-5,10H2,1-2H3,(H,11,12)/t7-/m1/s1. The van der Waals surface area contributed by atoms with Crippen LogP contribution in [0.3, 0.4) is 0 Å². The smallest absolute Gasteiger partial charge is 0.321 e. The van der Waals surface area contributed by atoms with Gasteiger partial charge in [0.05, 0.1) is 0 Å². The van der Waals surface area contributed by atoms with Crippen LogP contribution in [0, 0.1) is 5.92 Å². The highest BCUT2D eigenvalue weighted by molar-refractivity contribution is 8.00. The van der Waals surface area contributed by atoms with Gasteiger partial charge in [-0.1, -0.05) is 0 Å². The Bertz CT molecular complexity index is 202. The fraction of sp³-hybridized carbons (Fsp3) is 0.889. The van der Waals surface area contributed by atoms with Crippen LogP contribution >= 0.6 is 11.8 Å². The van der Waals surface area contributed by atoms with Gasteiger partial charge in [-0.3, -0.25) is 4.79 Å². The van der Waals surface area contributed by atoms with E-state index in [0.29, 0.717) is 0 Å². The summed E-state index contributed by atoms with van der Waals surface area (Å²) in [4.78, 5) is 10.7. The molecule has 1 aliphatic carbocycles. The molecule has 0 aromatic heterocycles. The number of rotatable bonds is 5. The van der Waals surface area contributed by atoms with Gasteiger partial charge in [-0.2, -0.15) is 11.8 Å². The Hall–Kier alpha value is -0.220. The third-order valence-electron chi connectivity index (χ3n) is 2.40. The summed E-state index contributed by atoms with van der Waals surface area (Å²) in [5.74, 6) is 0.951. The largest absolute Gasteiger partial charge is 0.480 e. The second-order valence-corrected chi connectivity index (χ2v) is 5.85. The molecule has 0 amide bonds. The van der Waals surface area contributed by atoms with E-state index >= 15 is 0 Å². The molecule has 76 valence electrons. The predicted molar refractivity (Wildman–Crippen MR) is 54.9 cm³/mol. The maximum absolute atomic E-state index is 10.7. The Morgan fingerprint density at radius 3 is 2.62 bits per heavy atom. The van der Waals surface area contributed by atoms with E-state index in [9.17, 15) is 4.79 Å². The van der Waals surface area contributed by atoms with E-state index in [-0.39, 0.29) is 4.75 Å². The highest BCUT2D eigenvalue weighted by atomic mass is 32.2. The van der Waals surface area contributed by atoms with Crippen LogP contribution in [-0.2, 0) is 4.79 Å². The summed E-state index contributed by atoms with van der Waals surface area (Å²) in [6, 6.07) is -0.767. The topological polar surface area (TPSA) is 63.3 Å². The van der Waals surface area contributed by atoms with E-state index in [1.165, 1.54) is 12.8 Å². The molecule has 0 aliphatic heterocycles. The van der Waals surface area contributed by atoms with Crippen molar-refractivity contribution in [3.05, 3.63) is 0 Å². The van der Waals surface area contributed by atoms with Gasteiger partial charge in [0.1, 0.15) is 6.04 Å². The molecule has 0 unspecified atom stereocenters. The van der Waals surface area contributed by atoms with Crippen molar-refractivity contribution in [2.24, 2.45) is 11.7 Å². The minimum Gasteiger partial charge on any atom is -0.480 e. The van der Waals surface area contributed by atoms with Gasteiger partial charge in [0.2, 0.25) is 0 Å². The van der Waals surface area contributed by atoms with Crippen LogP contribution in [0.4, 0.5) is 0 Å². The van der Waals surface area contributed by atoms with Crippen LogP contribution in [-0.4, -0.2) is 27.6 Å². The summed E-state index contributed by atoms with van der Waals surface area (Å²) in [5, 5.41) is 8.76. The monoisotopic (exact) mass is 203 g/mol. The molecule has 1 fully saturated rings. The molecular weight excluding hydrogens is 186 g/mol. The highest BCUT2D eigenvalue weighted by Crippen LogP contribution is 2.37. The first-order valence-electron chi connectivity index (χ1n) is 4.56. The van der Waals surface area contributed by atoms with Crippen molar-refractivity contribution >= 4 is 17.7 Å². The average molecular weight is 203 g/mol. The molecule has 13 heavy (non-hydrogen) atoms. The minimum atomic E-state index is -0.909. The molecule has 1 atom stereocenters. The zero-order valence-corrected chi connectivity index (χ0v) is 8.93. The van der Waals surface area contributed by atoms with Gasteiger partial charge < -0.3 is 10.8 Å². The Morgan fingerprint density at radius 1 is 1.69 bits per heavy atom. The molecule has 0 heterocycles. The maximum Gasteiger partial charge on any atom is 0.321 e. The third kappa shape index (κ3) is 3.19. The predicted octanol–water partition coefficient (Wildman–Crippen LogP) is 1.32. The summed E-state index contributed by atoms with van der Waals surface area (Å²) in [6.07, 6.45) is 2.59. The minimum absolute atomic E-state index is 0.353. The van der Waals surface area contributed by atoms with Crippen LogP contribution < -0.4 is 5.73 Å². The Kier molecular flexibility index (Phi) is 3.24. The molecular formula is C9H17NO2S. The summed E-state index contributed by atoms with van der Waals surface area (Å²) < 4.78 is -0.353. The maximum atomic E-state index is 10.7. The first-order valence-corrected chi connectivity index (χ1v) is 5.54. The number of aliphatic carboxylic acids is 1. The zero-order chi connectivity index (χ0) is 10.1. The fourth-order valence-corrected chi connectivity index (χ4v) is 2.28. The lowest BCUT2D eigenvalue weighted by atomic mass is 10.1. The van der Waals surface area contributed by atoms with Crippen molar-refractivity contribution in [2.75, 3.05) is 5.75 Å². The number of nitrogens with two attached hydrogens (primary N) is 1. The van der Waals surface area contributed by atoms with E-state index in [4.69, 9.17) is 10.8 Å². The lowest BCUT2D eigenvalue weighted by Crippen LogP contribution is -2.46. The summed E-state index contributed by atoms with van der Waals surface area (Å²) in [6.45, 7) is 3.80. The van der Waals surface area contributed by atoms with Crippen LogP contribution in [0.15, 0.2) is 0 Å². The molecule has 0 aromatic carbocycles. The molecule has 1 rings (SSSR count). The van der Waals surface area contributed by atoms with Gasteiger partial charge in [-0.05, 0) is 38.4 Å². The quantitative estimate of drug-likeness (QED) is 0.707. The summed E-state index contributed by atoms with van der Waals surface area (Å²) in [7, 11) is 0. The van der Waals surface area contributed by atoms with Crippen molar-refractivity contribution in [3.63, 3.8) is 0 Å². The van der Waals surface area contributed by atoms with E-state index in [1.54, 1.807) is 11.8 Å². The van der Waals surface area contributed by atoms with Crippen molar-refractivity contribution in [1.82, 2.24) is 0 Å². The third-order valence-corrected chi connectivity index (χ3v) is 4.04. The molecule has 3 N–H and O–H groups in total. The first kappa shape index (κ1) is 10.9. The molecule has 3 nitrogen and oxygen atoms in total. The molecule has 1 saturated carbocycles. The van der Waals surface area contributed by atoms with Crippen molar-refractivity contribution < 1.29 is 9.90 Å². The van der Waals surface area contributed by atoms with Crippen LogP contribution in [0.25, 0.3) is 0 Å².